The van der Waals surface area contributed by atoms with Crippen molar-refractivity contribution in [2.45, 2.75) is 49.7 Å². The number of amidine groups is 1. The highest BCUT2D eigenvalue weighted by atomic mass is 35.5. The van der Waals surface area contributed by atoms with Gasteiger partial charge in [0.1, 0.15) is 0 Å². The normalized spacial score (nSPS) is 23.4. The summed E-state index contributed by atoms with van der Waals surface area (Å²) in [7, 11) is -3.60. The fraction of sp³-hybridized carbons (Fsp3) is 0.346. The number of carbonyl (C=O) groups is 2. The van der Waals surface area contributed by atoms with Gasteiger partial charge in [0.25, 0.3) is 5.91 Å². The van der Waals surface area contributed by atoms with Gasteiger partial charge in [0, 0.05) is 27.7 Å². The number of hydrazone groups is 1. The Balaban J connectivity index is 1.93. The van der Waals surface area contributed by atoms with Crippen LogP contribution in [0.1, 0.15) is 59.1 Å². The summed E-state index contributed by atoms with van der Waals surface area (Å²) in [6.07, 6.45) is 3.68. The first-order chi connectivity index (χ1) is 19.0. The Morgan fingerprint density at radius 3 is 2.48 bits per heavy atom. The Bertz CT molecular complexity index is 1470. The van der Waals surface area contributed by atoms with Crippen molar-refractivity contribution in [1.29, 1.82) is 0 Å². The molecule has 11 nitrogen and oxygen atoms in total. The molecule has 2 aliphatic rings. The van der Waals surface area contributed by atoms with Crippen molar-refractivity contribution in [1.82, 2.24) is 20.4 Å². The molecule has 0 bridgehead atoms. The monoisotopic (exact) mass is 607 g/mol. The van der Waals surface area contributed by atoms with Gasteiger partial charge < -0.3 is 21.5 Å². The van der Waals surface area contributed by atoms with Crippen LogP contribution in [0.3, 0.4) is 0 Å². The van der Waals surface area contributed by atoms with E-state index >= 15 is 0 Å². The zero-order chi connectivity index (χ0) is 29.2. The van der Waals surface area contributed by atoms with Crippen molar-refractivity contribution in [3.05, 3.63) is 81.5 Å². The first-order valence-electron chi connectivity index (χ1n) is 12.5. The molecule has 40 heavy (non-hydrogen) atoms. The molecule has 1 fully saturated rings. The lowest BCUT2D eigenvalue weighted by Gasteiger charge is -2.49. The molecular weight excluding hydrogens is 577 g/mol. The molecular formula is C26H31Cl2N7O4S. The second kappa shape index (κ2) is 12.1. The lowest BCUT2D eigenvalue weighted by molar-refractivity contribution is -0.123. The van der Waals surface area contributed by atoms with E-state index in [0.29, 0.717) is 34.6 Å². The number of benzene rings is 2. The van der Waals surface area contributed by atoms with Gasteiger partial charge in [-0.15, -0.1) is 0 Å². The average Bonchev–Trinajstić information content (AvgIpc) is 2.89. The number of nitrogens with zero attached hydrogens (tertiary/aromatic N) is 2. The van der Waals surface area contributed by atoms with Crippen LogP contribution in [0.5, 0.6) is 0 Å². The molecule has 1 unspecified atom stereocenters. The van der Waals surface area contributed by atoms with E-state index in [1.54, 1.807) is 47.4 Å². The number of hydrogen-bond donors (Lipinski definition) is 5. The van der Waals surface area contributed by atoms with Crippen LogP contribution in [0, 0.1) is 0 Å². The fourth-order valence-corrected chi connectivity index (χ4v) is 6.96. The lowest BCUT2D eigenvalue weighted by Crippen LogP contribution is -2.59. The maximum absolute atomic E-state index is 14.2. The largest absolute Gasteiger partial charge is 0.326 e. The van der Waals surface area contributed by atoms with Crippen molar-refractivity contribution in [3.8, 4) is 0 Å². The summed E-state index contributed by atoms with van der Waals surface area (Å²) in [6, 6.07) is 9.60. The molecule has 2 aromatic rings. The van der Waals surface area contributed by atoms with Crippen molar-refractivity contribution in [2.75, 3.05) is 6.26 Å². The minimum Gasteiger partial charge on any atom is -0.326 e. The molecule has 1 saturated carbocycles. The second-order valence-electron chi connectivity index (χ2n) is 9.83. The summed E-state index contributed by atoms with van der Waals surface area (Å²) in [5, 5.41) is 6.83. The number of fused-ring (bicyclic) bond motifs is 1. The van der Waals surface area contributed by atoms with Gasteiger partial charge in [-0.1, -0.05) is 66.9 Å². The number of nitrogens with one attached hydrogen (secondary N) is 3. The van der Waals surface area contributed by atoms with Gasteiger partial charge in [-0.3, -0.25) is 9.59 Å². The minimum absolute atomic E-state index is 0.0196. The third-order valence-corrected chi connectivity index (χ3v) is 8.51. The lowest BCUT2D eigenvalue weighted by atomic mass is 9.76. The van der Waals surface area contributed by atoms with Crippen LogP contribution in [0.25, 0.3) is 0 Å². The van der Waals surface area contributed by atoms with E-state index in [-0.39, 0.29) is 22.5 Å². The third-order valence-electron chi connectivity index (χ3n) is 7.22. The van der Waals surface area contributed by atoms with Gasteiger partial charge in [-0.05, 0) is 42.2 Å². The Hall–Kier alpha value is -3.16. The van der Waals surface area contributed by atoms with Crippen LogP contribution in [0.4, 0.5) is 0 Å². The van der Waals surface area contributed by atoms with E-state index in [4.69, 9.17) is 34.9 Å². The van der Waals surface area contributed by atoms with Crippen molar-refractivity contribution < 1.29 is 18.0 Å². The third kappa shape index (κ3) is 6.11. The number of nitrogens with two attached hydrogens (primary N) is 2. The quantitative estimate of drug-likeness (QED) is 0.139. The first-order valence-corrected chi connectivity index (χ1v) is 15.2. The molecule has 0 radical (unpaired) electrons. The van der Waals surface area contributed by atoms with Crippen LogP contribution < -0.4 is 27.2 Å². The van der Waals surface area contributed by atoms with Gasteiger partial charge in [-0.25, -0.2) is 19.0 Å². The Kier molecular flexibility index (Phi) is 9.06. The van der Waals surface area contributed by atoms with Gasteiger partial charge in [0.05, 0.1) is 23.9 Å². The maximum atomic E-state index is 14.2. The number of carbonyl (C=O) groups excluding carboxylic acids is 2. The first kappa shape index (κ1) is 29.8. The smallest absolute Gasteiger partial charge is 0.255 e. The summed E-state index contributed by atoms with van der Waals surface area (Å²) in [6.45, 7) is 3.80. The summed E-state index contributed by atoms with van der Waals surface area (Å²) in [5.41, 5.74) is 3.57. The minimum atomic E-state index is -3.60. The van der Waals surface area contributed by atoms with E-state index < -0.39 is 40.0 Å². The van der Waals surface area contributed by atoms with E-state index in [1.165, 1.54) is 0 Å². The second-order valence-corrected chi connectivity index (χ2v) is 12.4. The van der Waals surface area contributed by atoms with Crippen LogP contribution in [-0.2, 0) is 14.8 Å². The van der Waals surface area contributed by atoms with Crippen LogP contribution >= 0.6 is 23.2 Å². The molecule has 2 aromatic carbocycles. The fourth-order valence-electron chi connectivity index (χ4n) is 5.62. The Morgan fingerprint density at radius 2 is 1.82 bits per heavy atom. The summed E-state index contributed by atoms with van der Waals surface area (Å²) < 4.78 is 27.3. The zero-order valence-electron chi connectivity index (χ0n) is 21.7. The summed E-state index contributed by atoms with van der Waals surface area (Å²) in [5.74, 6) is 8.93. The number of amides is 2. The molecule has 214 valence electrons. The van der Waals surface area contributed by atoms with E-state index in [2.05, 4.69) is 27.1 Å². The number of hydrogen-bond acceptors (Lipinski definition) is 7. The topological polar surface area (TPSA) is 172 Å². The van der Waals surface area contributed by atoms with E-state index in [9.17, 15) is 18.0 Å². The van der Waals surface area contributed by atoms with Crippen LogP contribution in [-0.4, -0.2) is 49.3 Å². The van der Waals surface area contributed by atoms with Crippen LogP contribution in [0.2, 0.25) is 10.0 Å². The number of rotatable bonds is 7. The van der Waals surface area contributed by atoms with Gasteiger partial charge in [0.15, 0.2) is 5.84 Å². The molecule has 2 amide bonds. The molecule has 7 N–H and O–H groups in total. The predicted molar refractivity (Wildman–Crippen MR) is 155 cm³/mol. The highest BCUT2D eigenvalue weighted by Crippen LogP contribution is 2.47. The zero-order valence-corrected chi connectivity index (χ0v) is 24.1. The number of halogens is 2. The van der Waals surface area contributed by atoms with Gasteiger partial charge in [0.2, 0.25) is 15.9 Å². The molecule has 0 spiro atoms. The van der Waals surface area contributed by atoms with E-state index in [0.717, 1.165) is 19.1 Å². The molecule has 1 heterocycles. The number of hydrazine groups is 1. The van der Waals surface area contributed by atoms with E-state index in [1.807, 2.05) is 0 Å². The highest BCUT2D eigenvalue weighted by Gasteiger charge is 2.49. The molecule has 14 heteroatoms. The molecule has 0 aromatic heterocycles. The standard InChI is InChI=1S/C26H31Cl2N7O4S/c1-14(24(32-29)33-30)31-25(36)22-16-7-3-4-8-17(16)26(37)35(23(22)18-12-11-15(27)13-19(18)28)21-10-6-5-9-20(21)34-40(2,38)39/h3-4,7-8,11-13,20-23,34H,1,5-6,9-10,29-30H2,2H3,(H,31,36)(H,32,33)/t20-,21?,22+,23-/m0/s1. The van der Waals surface area contributed by atoms with Crippen LogP contribution in [0.15, 0.2) is 59.8 Å². The molecule has 4 rings (SSSR count). The highest BCUT2D eigenvalue weighted by molar-refractivity contribution is 7.88. The predicted octanol–water partition coefficient (Wildman–Crippen LogP) is 2.50. The van der Waals surface area contributed by atoms with Crippen molar-refractivity contribution in [2.24, 2.45) is 16.8 Å². The Morgan fingerprint density at radius 1 is 1.12 bits per heavy atom. The molecule has 1 aliphatic heterocycles. The Labute approximate surface area is 243 Å². The van der Waals surface area contributed by atoms with Gasteiger partial charge in [-0.2, -0.15) is 5.10 Å². The summed E-state index contributed by atoms with van der Waals surface area (Å²) >= 11 is 12.9. The van der Waals surface area contributed by atoms with Gasteiger partial charge >= 0.3 is 0 Å². The van der Waals surface area contributed by atoms with Crippen molar-refractivity contribution in [3.63, 3.8) is 0 Å². The SMILES string of the molecule is C=C(NC(=O)[C@@H]1c2ccccc2C(=O)N(C2CCCC[C@@H]2NS(C)(=O)=O)[C@H]1c1ccc(Cl)cc1Cl)/C(=N\N)NN. The maximum Gasteiger partial charge on any atom is 0.255 e. The summed E-state index contributed by atoms with van der Waals surface area (Å²) in [4.78, 5) is 29.9. The molecule has 0 saturated heterocycles. The molecule has 4 atom stereocenters. The average molecular weight is 609 g/mol. The molecule has 1 aliphatic carbocycles. The van der Waals surface area contributed by atoms with Crippen molar-refractivity contribution >= 4 is 50.9 Å². The number of sulfonamides is 1.